The average molecular weight is 481 g/mol. The Morgan fingerprint density at radius 2 is 1.74 bits per heavy atom. The predicted molar refractivity (Wildman–Crippen MR) is 135 cm³/mol. The highest BCUT2D eigenvalue weighted by atomic mass is 32.2. The second kappa shape index (κ2) is 9.50. The lowest BCUT2D eigenvalue weighted by Gasteiger charge is -2.42. The predicted octanol–water partition coefficient (Wildman–Crippen LogP) is 3.71. The molecular weight excluding hydrogens is 448 g/mol. The number of rotatable bonds is 6. The molecule has 2 saturated heterocycles. The van der Waals surface area contributed by atoms with Gasteiger partial charge in [-0.05, 0) is 37.1 Å². The minimum atomic E-state index is -0.250. The summed E-state index contributed by atoms with van der Waals surface area (Å²) in [5, 5.41) is -0.250. The minimum Gasteiger partial charge on any atom is -0.495 e. The van der Waals surface area contributed by atoms with Gasteiger partial charge in [0.1, 0.15) is 11.0 Å². The number of para-hydroxylation sites is 2. The lowest BCUT2D eigenvalue weighted by Crippen LogP contribution is -2.58. The lowest BCUT2D eigenvalue weighted by atomic mass is 9.99. The van der Waals surface area contributed by atoms with Gasteiger partial charge in [0.05, 0.1) is 18.8 Å². The fourth-order valence-corrected chi connectivity index (χ4v) is 6.79. The molecule has 2 aromatic rings. The van der Waals surface area contributed by atoms with Crippen LogP contribution in [0.4, 0.5) is 10.5 Å². The minimum absolute atomic E-state index is 0.0532. The molecule has 0 radical (unpaired) electrons. The highest BCUT2D eigenvalue weighted by Crippen LogP contribution is 2.49. The number of imide groups is 1. The Balaban J connectivity index is 1.18. The van der Waals surface area contributed by atoms with E-state index in [9.17, 15) is 9.59 Å². The summed E-state index contributed by atoms with van der Waals surface area (Å²) in [7, 11) is 3.53. The third kappa shape index (κ3) is 4.03. The summed E-state index contributed by atoms with van der Waals surface area (Å²) >= 11 is 1.59. The molecule has 0 aliphatic carbocycles. The third-order valence-corrected chi connectivity index (χ3v) is 8.71. The van der Waals surface area contributed by atoms with Crippen molar-refractivity contribution < 1.29 is 14.3 Å². The number of urea groups is 1. The first-order chi connectivity index (χ1) is 16.5. The number of carbonyl (C=O) groups excluding carboxylic acids is 2. The second-order valence-electron chi connectivity index (χ2n) is 9.24. The van der Waals surface area contributed by atoms with E-state index in [1.54, 1.807) is 23.8 Å². The summed E-state index contributed by atoms with van der Waals surface area (Å²) in [4.78, 5) is 35.6. The van der Waals surface area contributed by atoms with Crippen LogP contribution < -0.4 is 9.64 Å². The van der Waals surface area contributed by atoms with E-state index < -0.39 is 0 Å². The summed E-state index contributed by atoms with van der Waals surface area (Å²) in [6, 6.07) is 16.1. The van der Waals surface area contributed by atoms with Crippen molar-refractivity contribution in [3.63, 3.8) is 0 Å². The van der Waals surface area contributed by atoms with E-state index in [0.29, 0.717) is 6.54 Å². The van der Waals surface area contributed by atoms with E-state index in [1.807, 2.05) is 49.5 Å². The molecule has 3 aliphatic rings. The molecule has 180 valence electrons. The van der Waals surface area contributed by atoms with Crippen LogP contribution in [0.3, 0.4) is 0 Å². The number of thioether (sulfide) groups is 1. The molecule has 5 rings (SSSR count). The maximum atomic E-state index is 13.3. The summed E-state index contributed by atoms with van der Waals surface area (Å²) in [5.74, 6) is 0.850. The fourth-order valence-electron chi connectivity index (χ4n) is 5.35. The summed E-state index contributed by atoms with van der Waals surface area (Å²) < 4.78 is 5.53. The van der Waals surface area contributed by atoms with E-state index >= 15 is 0 Å². The van der Waals surface area contributed by atoms with Crippen LogP contribution >= 0.6 is 11.8 Å². The molecule has 0 aromatic heterocycles. The molecule has 3 atom stereocenters. The molecule has 3 aliphatic heterocycles. The van der Waals surface area contributed by atoms with Crippen molar-refractivity contribution in [2.45, 2.75) is 35.6 Å². The molecule has 34 heavy (non-hydrogen) atoms. The first-order valence-corrected chi connectivity index (χ1v) is 12.8. The van der Waals surface area contributed by atoms with E-state index in [0.717, 1.165) is 54.5 Å². The Kier molecular flexibility index (Phi) is 6.44. The van der Waals surface area contributed by atoms with Gasteiger partial charge in [-0.3, -0.25) is 14.6 Å². The van der Waals surface area contributed by atoms with Crippen LogP contribution in [0.5, 0.6) is 5.75 Å². The van der Waals surface area contributed by atoms with E-state index in [-0.39, 0.29) is 29.3 Å². The maximum Gasteiger partial charge on any atom is 0.327 e. The number of methoxy groups -OCH3 is 1. The van der Waals surface area contributed by atoms with Crippen molar-refractivity contribution in [1.29, 1.82) is 0 Å². The van der Waals surface area contributed by atoms with E-state index in [2.05, 4.69) is 22.8 Å². The van der Waals surface area contributed by atoms with Crippen molar-refractivity contribution >= 4 is 29.4 Å². The van der Waals surface area contributed by atoms with Crippen LogP contribution in [0.2, 0.25) is 0 Å². The molecule has 2 fully saturated rings. The Labute approximate surface area is 205 Å². The number of ether oxygens (including phenoxy) is 1. The molecule has 8 heteroatoms. The van der Waals surface area contributed by atoms with Crippen molar-refractivity contribution in [3.05, 3.63) is 54.1 Å². The van der Waals surface area contributed by atoms with Crippen molar-refractivity contribution in [3.8, 4) is 5.75 Å². The molecule has 0 spiro atoms. The number of fused-ring (bicyclic) bond motifs is 3. The van der Waals surface area contributed by atoms with Crippen LogP contribution in [-0.4, -0.2) is 84.8 Å². The number of amides is 3. The van der Waals surface area contributed by atoms with Gasteiger partial charge in [-0.15, -0.1) is 11.8 Å². The number of piperazine rings is 1. The molecule has 2 aromatic carbocycles. The van der Waals surface area contributed by atoms with Crippen LogP contribution in [-0.2, 0) is 4.79 Å². The molecule has 3 unspecified atom stereocenters. The highest BCUT2D eigenvalue weighted by Gasteiger charge is 2.50. The van der Waals surface area contributed by atoms with Crippen LogP contribution in [0.15, 0.2) is 53.4 Å². The van der Waals surface area contributed by atoms with Crippen LogP contribution in [0.1, 0.15) is 24.9 Å². The van der Waals surface area contributed by atoms with Gasteiger partial charge < -0.3 is 14.5 Å². The van der Waals surface area contributed by atoms with Gasteiger partial charge in [0, 0.05) is 50.7 Å². The van der Waals surface area contributed by atoms with E-state index in [4.69, 9.17) is 4.74 Å². The zero-order valence-electron chi connectivity index (χ0n) is 20.0. The van der Waals surface area contributed by atoms with Gasteiger partial charge in [0.2, 0.25) is 5.91 Å². The molecule has 0 saturated carbocycles. The van der Waals surface area contributed by atoms with Crippen molar-refractivity contribution in [2.24, 2.45) is 0 Å². The largest absolute Gasteiger partial charge is 0.495 e. The second-order valence-corrected chi connectivity index (χ2v) is 10.4. The topological polar surface area (TPSA) is 56.3 Å². The Morgan fingerprint density at radius 3 is 2.50 bits per heavy atom. The van der Waals surface area contributed by atoms with E-state index in [1.165, 1.54) is 4.90 Å². The van der Waals surface area contributed by atoms with Crippen molar-refractivity contribution in [1.82, 2.24) is 14.7 Å². The molecule has 0 bridgehead atoms. The van der Waals surface area contributed by atoms with Gasteiger partial charge >= 0.3 is 6.03 Å². The quantitative estimate of drug-likeness (QED) is 0.628. The Morgan fingerprint density at radius 1 is 1.03 bits per heavy atom. The van der Waals surface area contributed by atoms with Gasteiger partial charge in [0.15, 0.2) is 0 Å². The van der Waals surface area contributed by atoms with Crippen molar-refractivity contribution in [2.75, 3.05) is 51.8 Å². The monoisotopic (exact) mass is 480 g/mol. The number of anilines is 1. The normalized spacial score (nSPS) is 23.7. The standard InChI is InChI=1S/C26H32N4O3S/c1-18(28-14-16-29(17-15-28)20-9-5-6-10-21(20)33-3)12-13-30-25(31)24-23(27(2)26(30)32)19-8-4-7-11-22(19)34-24/h4-11,18,23-24H,12-17H2,1-3H3. The zero-order valence-corrected chi connectivity index (χ0v) is 20.8. The van der Waals surface area contributed by atoms with Crippen LogP contribution in [0, 0.1) is 0 Å². The molecular formula is C26H32N4O3S. The summed E-state index contributed by atoms with van der Waals surface area (Å²) in [6.45, 7) is 6.38. The van der Waals surface area contributed by atoms with Gasteiger partial charge in [-0.25, -0.2) is 4.79 Å². The van der Waals surface area contributed by atoms with Crippen LogP contribution in [0.25, 0.3) is 0 Å². The summed E-state index contributed by atoms with van der Waals surface area (Å²) in [5.41, 5.74) is 2.22. The highest BCUT2D eigenvalue weighted by molar-refractivity contribution is 8.01. The first kappa shape index (κ1) is 23.1. The fraction of sp³-hybridized carbons (Fsp3) is 0.462. The Hall–Kier alpha value is -2.71. The van der Waals surface area contributed by atoms with Gasteiger partial charge in [0.25, 0.3) is 0 Å². The first-order valence-electron chi connectivity index (χ1n) is 12.0. The maximum absolute atomic E-state index is 13.3. The molecule has 3 amide bonds. The molecule has 0 N–H and O–H groups in total. The molecule has 3 heterocycles. The lowest BCUT2D eigenvalue weighted by molar-refractivity contribution is -0.131. The molecule has 7 nitrogen and oxygen atoms in total. The number of nitrogens with zero attached hydrogens (tertiary/aromatic N) is 4. The smallest absolute Gasteiger partial charge is 0.327 e. The SMILES string of the molecule is COc1ccccc1N1CCN(C(C)CCN2C(=O)C3Sc4ccccc4C3N(C)C2=O)CC1. The number of carbonyl (C=O) groups is 2. The van der Waals surface area contributed by atoms with Gasteiger partial charge in [-0.2, -0.15) is 0 Å². The third-order valence-electron chi connectivity index (χ3n) is 7.37. The zero-order chi connectivity index (χ0) is 23.8. The average Bonchev–Trinajstić information content (AvgIpc) is 3.27. The Bertz CT molecular complexity index is 1070. The summed E-state index contributed by atoms with van der Waals surface area (Å²) in [6.07, 6.45) is 0.773. The number of hydrogen-bond acceptors (Lipinski definition) is 6. The van der Waals surface area contributed by atoms with Gasteiger partial charge in [-0.1, -0.05) is 30.3 Å². The number of hydrogen-bond donors (Lipinski definition) is 0. The number of benzene rings is 2.